The number of carbonyl (C=O) groups excluding carboxylic acids is 1. The van der Waals surface area contributed by atoms with Crippen LogP contribution in [0.15, 0.2) is 48.5 Å². The highest BCUT2D eigenvalue weighted by atomic mass is 16.4. The molecular weight excluding hydrogens is 270 g/mol. The van der Waals surface area contributed by atoms with Gasteiger partial charge in [-0.3, -0.25) is 4.79 Å². The van der Waals surface area contributed by atoms with Gasteiger partial charge in [0.1, 0.15) is 5.75 Å². The maximum Gasteiger partial charge on any atom is 0.330 e. The Labute approximate surface area is 121 Å². The Hall–Kier alpha value is -2.82. The smallest absolute Gasteiger partial charge is 0.330 e. The minimum absolute atomic E-state index is 0.0573. The van der Waals surface area contributed by atoms with E-state index in [0.29, 0.717) is 16.7 Å². The van der Waals surface area contributed by atoms with Gasteiger partial charge in [0.15, 0.2) is 6.04 Å². The molecule has 1 amide bonds. The molecule has 2 aromatic rings. The van der Waals surface area contributed by atoms with Crippen LogP contribution in [0.25, 0.3) is 0 Å². The lowest BCUT2D eigenvalue weighted by molar-refractivity contribution is -0.139. The number of phenolic OH excluding ortho intramolecular Hbond substituents is 1. The lowest BCUT2D eigenvalue weighted by Crippen LogP contribution is -2.34. The van der Waals surface area contributed by atoms with Crippen molar-refractivity contribution in [2.24, 2.45) is 0 Å². The van der Waals surface area contributed by atoms with Gasteiger partial charge >= 0.3 is 5.97 Å². The van der Waals surface area contributed by atoms with Gasteiger partial charge in [0.25, 0.3) is 5.91 Å². The van der Waals surface area contributed by atoms with E-state index in [1.165, 1.54) is 18.2 Å². The summed E-state index contributed by atoms with van der Waals surface area (Å²) in [6.45, 7) is 1.67. The summed E-state index contributed by atoms with van der Waals surface area (Å²) in [7, 11) is 0. The Morgan fingerprint density at radius 2 is 1.76 bits per heavy atom. The maximum absolute atomic E-state index is 12.2. The number of aryl methyl sites for hydroxylation is 1. The van der Waals surface area contributed by atoms with E-state index in [1.807, 2.05) is 0 Å². The predicted octanol–water partition coefficient (Wildman–Crippen LogP) is 2.26. The summed E-state index contributed by atoms with van der Waals surface area (Å²) < 4.78 is 0. The highest BCUT2D eigenvalue weighted by Crippen LogP contribution is 2.18. The first-order chi connectivity index (χ1) is 9.99. The first-order valence-corrected chi connectivity index (χ1v) is 6.37. The zero-order valence-corrected chi connectivity index (χ0v) is 11.4. The Morgan fingerprint density at radius 1 is 1.10 bits per heavy atom. The number of amides is 1. The van der Waals surface area contributed by atoms with Gasteiger partial charge in [0.05, 0.1) is 0 Å². The molecule has 1 atom stereocenters. The monoisotopic (exact) mass is 285 g/mol. The number of hydrogen-bond acceptors (Lipinski definition) is 3. The Morgan fingerprint density at radius 3 is 2.33 bits per heavy atom. The first-order valence-electron chi connectivity index (χ1n) is 6.37. The molecule has 0 aliphatic rings. The highest BCUT2D eigenvalue weighted by molar-refractivity contribution is 5.98. The van der Waals surface area contributed by atoms with Crippen LogP contribution in [0.4, 0.5) is 0 Å². The Bertz CT molecular complexity index is 667. The van der Waals surface area contributed by atoms with Gasteiger partial charge < -0.3 is 15.5 Å². The minimum atomic E-state index is -1.13. The van der Waals surface area contributed by atoms with E-state index in [0.717, 1.165) is 0 Å². The predicted molar refractivity (Wildman–Crippen MR) is 77.1 cm³/mol. The van der Waals surface area contributed by atoms with Crippen LogP contribution in [0.5, 0.6) is 5.75 Å². The van der Waals surface area contributed by atoms with E-state index in [4.69, 9.17) is 0 Å². The van der Waals surface area contributed by atoms with Crippen LogP contribution in [0.1, 0.15) is 27.5 Å². The molecule has 0 unspecified atom stereocenters. The summed E-state index contributed by atoms with van der Waals surface area (Å²) in [6, 6.07) is 11.7. The van der Waals surface area contributed by atoms with Crippen molar-refractivity contribution in [1.29, 1.82) is 0 Å². The molecule has 3 N–H and O–H groups in total. The van der Waals surface area contributed by atoms with E-state index in [-0.39, 0.29) is 5.75 Å². The molecule has 0 aromatic heterocycles. The van der Waals surface area contributed by atoms with Gasteiger partial charge in [-0.1, -0.05) is 30.3 Å². The van der Waals surface area contributed by atoms with Crippen molar-refractivity contribution in [3.63, 3.8) is 0 Å². The molecule has 2 aromatic carbocycles. The molecule has 0 fully saturated rings. The fraction of sp³-hybridized carbons (Fsp3) is 0.125. The largest absolute Gasteiger partial charge is 0.508 e. The topological polar surface area (TPSA) is 86.6 Å². The Kier molecular flexibility index (Phi) is 4.23. The van der Waals surface area contributed by atoms with E-state index >= 15 is 0 Å². The van der Waals surface area contributed by atoms with Gasteiger partial charge in [-0.05, 0) is 36.2 Å². The van der Waals surface area contributed by atoms with Gasteiger partial charge in [-0.2, -0.15) is 0 Å². The van der Waals surface area contributed by atoms with Crippen LogP contribution in [0.3, 0.4) is 0 Å². The number of aromatic hydroxyl groups is 1. The van der Waals surface area contributed by atoms with Crippen molar-refractivity contribution in [2.75, 3.05) is 0 Å². The summed E-state index contributed by atoms with van der Waals surface area (Å²) in [4.78, 5) is 23.6. The zero-order valence-electron chi connectivity index (χ0n) is 11.4. The van der Waals surface area contributed by atoms with Crippen molar-refractivity contribution in [3.8, 4) is 5.75 Å². The molecule has 2 rings (SSSR count). The van der Waals surface area contributed by atoms with Gasteiger partial charge in [-0.25, -0.2) is 4.79 Å². The van der Waals surface area contributed by atoms with Crippen LogP contribution in [-0.4, -0.2) is 22.1 Å². The minimum Gasteiger partial charge on any atom is -0.508 e. The number of nitrogens with one attached hydrogen (secondary N) is 1. The second kappa shape index (κ2) is 6.09. The molecule has 0 spiro atoms. The third kappa shape index (κ3) is 3.39. The molecule has 0 aliphatic carbocycles. The number of carbonyl (C=O) groups is 2. The molecule has 5 nitrogen and oxygen atoms in total. The molecule has 21 heavy (non-hydrogen) atoms. The third-order valence-electron chi connectivity index (χ3n) is 3.11. The van der Waals surface area contributed by atoms with E-state index < -0.39 is 17.9 Å². The maximum atomic E-state index is 12.2. The summed E-state index contributed by atoms with van der Waals surface area (Å²) in [6.07, 6.45) is 0. The molecule has 108 valence electrons. The lowest BCUT2D eigenvalue weighted by Gasteiger charge is -2.15. The fourth-order valence-electron chi connectivity index (χ4n) is 2.04. The van der Waals surface area contributed by atoms with Crippen molar-refractivity contribution in [2.45, 2.75) is 13.0 Å². The number of benzene rings is 2. The summed E-state index contributed by atoms with van der Waals surface area (Å²) in [5.41, 5.74) is 1.40. The number of aliphatic carboxylic acids is 1. The number of phenols is 1. The lowest BCUT2D eigenvalue weighted by atomic mass is 10.0. The summed E-state index contributed by atoms with van der Waals surface area (Å²) in [5, 5.41) is 21.1. The number of hydrogen-bond donors (Lipinski definition) is 3. The summed E-state index contributed by atoms with van der Waals surface area (Å²) >= 11 is 0. The van der Waals surface area contributed by atoms with Gasteiger partial charge in [0, 0.05) is 5.56 Å². The van der Waals surface area contributed by atoms with Crippen molar-refractivity contribution in [3.05, 3.63) is 65.2 Å². The fourth-order valence-corrected chi connectivity index (χ4v) is 2.04. The molecule has 0 bridgehead atoms. The summed E-state index contributed by atoms with van der Waals surface area (Å²) in [5.74, 6) is -1.57. The van der Waals surface area contributed by atoms with Crippen LogP contribution in [-0.2, 0) is 4.79 Å². The molecular formula is C16H15NO4. The SMILES string of the molecule is Cc1cc(O)ccc1C(=O)N[C@H](C(=O)O)c1ccccc1. The molecule has 0 radical (unpaired) electrons. The second-order valence-corrected chi connectivity index (χ2v) is 4.65. The van der Waals surface area contributed by atoms with Gasteiger partial charge in [0.2, 0.25) is 0 Å². The van der Waals surface area contributed by atoms with Crippen molar-refractivity contribution in [1.82, 2.24) is 5.32 Å². The number of rotatable bonds is 4. The van der Waals surface area contributed by atoms with Crippen LogP contribution in [0.2, 0.25) is 0 Å². The number of carboxylic acid groups (broad SMARTS) is 1. The van der Waals surface area contributed by atoms with Crippen molar-refractivity contribution < 1.29 is 19.8 Å². The van der Waals surface area contributed by atoms with Gasteiger partial charge in [-0.15, -0.1) is 0 Å². The average Bonchev–Trinajstić information content (AvgIpc) is 2.45. The van der Waals surface area contributed by atoms with E-state index in [9.17, 15) is 19.8 Å². The first kappa shape index (κ1) is 14.6. The molecule has 5 heteroatoms. The molecule has 0 aliphatic heterocycles. The van der Waals surface area contributed by atoms with Crippen molar-refractivity contribution >= 4 is 11.9 Å². The average molecular weight is 285 g/mol. The Balaban J connectivity index is 2.25. The second-order valence-electron chi connectivity index (χ2n) is 4.65. The zero-order chi connectivity index (χ0) is 15.4. The normalized spacial score (nSPS) is 11.7. The molecule has 0 saturated heterocycles. The molecule has 0 heterocycles. The van der Waals surface area contributed by atoms with E-state index in [2.05, 4.69) is 5.32 Å². The van der Waals surface area contributed by atoms with E-state index in [1.54, 1.807) is 37.3 Å². The van der Waals surface area contributed by atoms with Crippen LogP contribution in [0, 0.1) is 6.92 Å². The van der Waals surface area contributed by atoms with Crippen LogP contribution < -0.4 is 5.32 Å². The standard InChI is InChI=1S/C16H15NO4/c1-10-9-12(18)7-8-13(10)15(19)17-14(16(20)21)11-5-3-2-4-6-11/h2-9,14,18H,1H3,(H,17,19)(H,20,21)/t14-/m0/s1. The highest BCUT2D eigenvalue weighted by Gasteiger charge is 2.23. The third-order valence-corrected chi connectivity index (χ3v) is 3.11. The van der Waals surface area contributed by atoms with Crippen LogP contribution >= 0.6 is 0 Å². The molecule has 0 saturated carbocycles. The quantitative estimate of drug-likeness (QED) is 0.804. The number of carboxylic acids is 1.